The van der Waals surface area contributed by atoms with Gasteiger partial charge < -0.3 is 14.9 Å². The van der Waals surface area contributed by atoms with Crippen molar-refractivity contribution in [1.82, 2.24) is 9.80 Å². The highest BCUT2D eigenvalue weighted by Crippen LogP contribution is 2.32. The second-order valence-corrected chi connectivity index (χ2v) is 6.72. The molecule has 3 unspecified atom stereocenters. The molecule has 2 amide bonds. The number of hydrogen-bond acceptors (Lipinski definition) is 3. The van der Waals surface area contributed by atoms with E-state index in [1.54, 1.807) is 6.92 Å². The van der Waals surface area contributed by atoms with Crippen molar-refractivity contribution in [1.29, 1.82) is 0 Å². The molecule has 2 saturated heterocycles. The lowest BCUT2D eigenvalue weighted by molar-refractivity contribution is -0.135. The number of hydrogen-bond donors (Lipinski definition) is 1. The van der Waals surface area contributed by atoms with Crippen molar-refractivity contribution in [3.8, 4) is 0 Å². The number of amides is 2. The summed E-state index contributed by atoms with van der Waals surface area (Å²) in [6.45, 7) is 4.60. The van der Waals surface area contributed by atoms with Crippen LogP contribution in [0.2, 0.25) is 0 Å². The first-order chi connectivity index (χ1) is 9.54. The molecule has 0 aromatic rings. The van der Waals surface area contributed by atoms with Gasteiger partial charge in [0.1, 0.15) is 0 Å². The highest BCUT2D eigenvalue weighted by atomic mass is 16.3. The molecule has 2 aliphatic heterocycles. The SMILES string of the molecule is CC(O)C1CCN(C(=O)C2CC(=O)N(CC3CC3)C2)C1. The molecule has 0 aromatic carbocycles. The first-order valence-corrected chi connectivity index (χ1v) is 7.79. The lowest BCUT2D eigenvalue weighted by Gasteiger charge is -2.21. The van der Waals surface area contributed by atoms with Crippen molar-refractivity contribution in [2.75, 3.05) is 26.2 Å². The van der Waals surface area contributed by atoms with Crippen LogP contribution in [0.3, 0.4) is 0 Å². The molecule has 3 atom stereocenters. The highest BCUT2D eigenvalue weighted by Gasteiger charge is 2.40. The van der Waals surface area contributed by atoms with Crippen LogP contribution in [0, 0.1) is 17.8 Å². The Kier molecular flexibility index (Phi) is 3.71. The average Bonchev–Trinajstić information content (AvgIpc) is 2.95. The van der Waals surface area contributed by atoms with E-state index in [0.29, 0.717) is 25.4 Å². The Morgan fingerprint density at radius 2 is 2.10 bits per heavy atom. The van der Waals surface area contributed by atoms with E-state index in [-0.39, 0.29) is 29.8 Å². The van der Waals surface area contributed by atoms with E-state index in [2.05, 4.69) is 0 Å². The van der Waals surface area contributed by atoms with Gasteiger partial charge in [0.15, 0.2) is 0 Å². The molecule has 3 fully saturated rings. The summed E-state index contributed by atoms with van der Waals surface area (Å²) < 4.78 is 0. The van der Waals surface area contributed by atoms with E-state index in [9.17, 15) is 14.7 Å². The first-order valence-electron chi connectivity index (χ1n) is 7.79. The summed E-state index contributed by atoms with van der Waals surface area (Å²) in [4.78, 5) is 28.1. The molecule has 0 aromatic heterocycles. The number of carbonyl (C=O) groups excluding carboxylic acids is 2. The number of aliphatic hydroxyl groups is 1. The summed E-state index contributed by atoms with van der Waals surface area (Å²) in [5.41, 5.74) is 0. The maximum atomic E-state index is 12.5. The number of carbonyl (C=O) groups is 2. The van der Waals surface area contributed by atoms with Crippen LogP contribution >= 0.6 is 0 Å². The van der Waals surface area contributed by atoms with Crippen LogP contribution in [0.25, 0.3) is 0 Å². The molecular formula is C15H24N2O3. The van der Waals surface area contributed by atoms with Crippen molar-refractivity contribution >= 4 is 11.8 Å². The third-order valence-electron chi connectivity index (χ3n) is 4.96. The molecule has 5 nitrogen and oxygen atoms in total. The molecule has 1 saturated carbocycles. The van der Waals surface area contributed by atoms with E-state index >= 15 is 0 Å². The van der Waals surface area contributed by atoms with Crippen molar-refractivity contribution in [2.45, 2.75) is 38.7 Å². The monoisotopic (exact) mass is 280 g/mol. The predicted octanol–water partition coefficient (Wildman–Crippen LogP) is 0.474. The van der Waals surface area contributed by atoms with Gasteiger partial charge in [-0.15, -0.1) is 0 Å². The molecule has 1 N–H and O–H groups in total. The van der Waals surface area contributed by atoms with E-state index in [0.717, 1.165) is 19.5 Å². The van der Waals surface area contributed by atoms with E-state index in [1.807, 2.05) is 9.80 Å². The molecular weight excluding hydrogens is 256 g/mol. The minimum atomic E-state index is -0.357. The van der Waals surface area contributed by atoms with Crippen LogP contribution in [0.5, 0.6) is 0 Å². The van der Waals surface area contributed by atoms with Gasteiger partial charge in [-0.2, -0.15) is 0 Å². The molecule has 0 spiro atoms. The Hall–Kier alpha value is -1.10. The van der Waals surface area contributed by atoms with E-state index in [1.165, 1.54) is 12.8 Å². The predicted molar refractivity (Wildman–Crippen MR) is 73.8 cm³/mol. The molecule has 3 aliphatic rings. The lowest BCUT2D eigenvalue weighted by atomic mass is 10.0. The third kappa shape index (κ3) is 2.82. The Balaban J connectivity index is 1.54. The average molecular weight is 280 g/mol. The van der Waals surface area contributed by atoms with Crippen LogP contribution in [-0.2, 0) is 9.59 Å². The van der Waals surface area contributed by atoms with E-state index in [4.69, 9.17) is 0 Å². The van der Waals surface area contributed by atoms with Gasteiger partial charge in [-0.3, -0.25) is 9.59 Å². The Morgan fingerprint density at radius 1 is 1.35 bits per heavy atom. The fourth-order valence-corrected chi connectivity index (χ4v) is 3.37. The summed E-state index contributed by atoms with van der Waals surface area (Å²) in [5, 5.41) is 9.61. The van der Waals surface area contributed by atoms with Gasteiger partial charge >= 0.3 is 0 Å². The van der Waals surface area contributed by atoms with Crippen molar-refractivity contribution < 1.29 is 14.7 Å². The Labute approximate surface area is 119 Å². The van der Waals surface area contributed by atoms with Gasteiger partial charge in [0.05, 0.1) is 12.0 Å². The molecule has 2 heterocycles. The summed E-state index contributed by atoms with van der Waals surface area (Å²) >= 11 is 0. The largest absolute Gasteiger partial charge is 0.393 e. The number of rotatable bonds is 4. The lowest BCUT2D eigenvalue weighted by Crippen LogP contribution is -2.37. The zero-order valence-electron chi connectivity index (χ0n) is 12.1. The molecule has 20 heavy (non-hydrogen) atoms. The van der Waals surface area contributed by atoms with Crippen molar-refractivity contribution in [3.63, 3.8) is 0 Å². The quantitative estimate of drug-likeness (QED) is 0.814. The fraction of sp³-hybridized carbons (Fsp3) is 0.867. The maximum Gasteiger partial charge on any atom is 0.228 e. The van der Waals surface area contributed by atoms with Gasteiger partial charge in [0, 0.05) is 38.5 Å². The Morgan fingerprint density at radius 3 is 2.70 bits per heavy atom. The minimum absolute atomic E-state index is 0.111. The first kappa shape index (κ1) is 13.9. The number of nitrogens with zero attached hydrogens (tertiary/aromatic N) is 2. The van der Waals surface area contributed by atoms with E-state index < -0.39 is 0 Å². The maximum absolute atomic E-state index is 12.5. The van der Waals surface area contributed by atoms with Crippen LogP contribution in [0.1, 0.15) is 32.6 Å². The zero-order chi connectivity index (χ0) is 14.3. The second kappa shape index (κ2) is 5.35. The van der Waals surface area contributed by atoms with Crippen LogP contribution in [0.4, 0.5) is 0 Å². The van der Waals surface area contributed by atoms with Gasteiger partial charge in [-0.1, -0.05) is 0 Å². The van der Waals surface area contributed by atoms with Crippen LogP contribution < -0.4 is 0 Å². The van der Waals surface area contributed by atoms with Gasteiger partial charge in [-0.25, -0.2) is 0 Å². The van der Waals surface area contributed by atoms with Gasteiger partial charge in [-0.05, 0) is 32.1 Å². The summed E-state index contributed by atoms with van der Waals surface area (Å²) in [7, 11) is 0. The zero-order valence-corrected chi connectivity index (χ0v) is 12.1. The second-order valence-electron chi connectivity index (χ2n) is 6.72. The molecule has 5 heteroatoms. The topological polar surface area (TPSA) is 60.9 Å². The molecule has 3 rings (SSSR count). The minimum Gasteiger partial charge on any atom is -0.393 e. The van der Waals surface area contributed by atoms with Gasteiger partial charge in [0.25, 0.3) is 0 Å². The van der Waals surface area contributed by atoms with Crippen molar-refractivity contribution in [2.24, 2.45) is 17.8 Å². The summed E-state index contributed by atoms with van der Waals surface area (Å²) in [5.74, 6) is 0.966. The number of aliphatic hydroxyl groups excluding tert-OH is 1. The summed E-state index contributed by atoms with van der Waals surface area (Å²) in [6, 6.07) is 0. The van der Waals surface area contributed by atoms with Gasteiger partial charge in [0.2, 0.25) is 11.8 Å². The highest BCUT2D eigenvalue weighted by molar-refractivity contribution is 5.89. The smallest absolute Gasteiger partial charge is 0.228 e. The standard InChI is InChI=1S/C15H24N2O3/c1-10(18)12-4-5-16(8-12)15(20)13-6-14(19)17(9-13)7-11-2-3-11/h10-13,18H,2-9H2,1H3. The van der Waals surface area contributed by atoms with Crippen LogP contribution in [-0.4, -0.2) is 59.0 Å². The third-order valence-corrected chi connectivity index (χ3v) is 4.96. The molecule has 1 aliphatic carbocycles. The normalized spacial score (nSPS) is 32.0. The summed E-state index contributed by atoms with van der Waals surface area (Å²) in [6.07, 6.45) is 3.34. The van der Waals surface area contributed by atoms with Crippen LogP contribution in [0.15, 0.2) is 0 Å². The molecule has 0 bridgehead atoms. The molecule has 0 radical (unpaired) electrons. The fourth-order valence-electron chi connectivity index (χ4n) is 3.37. The Bertz CT molecular complexity index is 406. The number of likely N-dealkylation sites (tertiary alicyclic amines) is 2. The molecule has 112 valence electrons. The van der Waals surface area contributed by atoms with Crippen molar-refractivity contribution in [3.05, 3.63) is 0 Å².